The van der Waals surface area contributed by atoms with Gasteiger partial charge < -0.3 is 135 Å². The Labute approximate surface area is 680 Å². The number of nitrogens with zero attached hydrogens (tertiary/aromatic N) is 13. The van der Waals surface area contributed by atoms with Gasteiger partial charge in [-0.25, -0.2) is 0 Å². The van der Waals surface area contributed by atoms with Gasteiger partial charge in [0.05, 0.1) is 52.9 Å². The van der Waals surface area contributed by atoms with Gasteiger partial charge in [-0.2, -0.15) is 39.9 Å². The van der Waals surface area contributed by atoms with Crippen molar-refractivity contribution < 1.29 is 89.1 Å². The second kappa shape index (κ2) is 36.0. The maximum atomic E-state index is 12.1. The zero-order chi connectivity index (χ0) is 82.4. The summed E-state index contributed by atoms with van der Waals surface area (Å²) in [5, 5.41) is 114. The molecule has 18 atom stereocenters. The zero-order valence-corrected chi connectivity index (χ0v) is 67.3. The maximum Gasteiger partial charge on any atom is 0.323 e. The van der Waals surface area contributed by atoms with Crippen LogP contribution in [0.2, 0.25) is 0 Å². The molecule has 0 radical (unpaired) electrons. The highest BCUT2D eigenvalue weighted by Gasteiger charge is 2.54. The van der Waals surface area contributed by atoms with E-state index in [1.807, 2.05) is 27.7 Å². The number of esters is 2. The quantitative estimate of drug-likeness (QED) is 0.0504. The molecule has 9 aliphatic heterocycles. The molecule has 25 N–H and O–H groups in total. The van der Waals surface area contributed by atoms with Crippen molar-refractivity contribution in [2.45, 2.75) is 253 Å². The van der Waals surface area contributed by atoms with Crippen molar-refractivity contribution in [3.8, 4) is 0 Å². The molecule has 13 heterocycles. The van der Waals surface area contributed by atoms with Crippen LogP contribution in [0.3, 0.4) is 0 Å². The molecule has 5 saturated heterocycles. The minimum absolute atomic E-state index is 0.0794. The van der Waals surface area contributed by atoms with Gasteiger partial charge in [0, 0.05) is 31.2 Å². The van der Waals surface area contributed by atoms with Crippen LogP contribution in [0.4, 0.5) is 70.3 Å². The molecule has 44 heteroatoms. The number of nitrogens with two attached hydrogens (primary N) is 6. The Morgan fingerprint density at radius 3 is 0.983 bits per heavy atom. The number of fused-ring (bicyclic) bond motifs is 4. The highest BCUT2D eigenvalue weighted by molar-refractivity contribution is 8.04. The summed E-state index contributed by atoms with van der Waals surface area (Å²) in [4.78, 5) is 70.5. The molecular weight excluding hydrogens is 1580 g/mol. The topological polar surface area (TPSA) is 603 Å². The van der Waals surface area contributed by atoms with E-state index in [-0.39, 0.29) is 48.8 Å². The number of carbonyl (C=O) groups is 2. The first-order chi connectivity index (χ1) is 54.8. The van der Waals surface area contributed by atoms with Crippen LogP contribution < -0.4 is 74.9 Å². The van der Waals surface area contributed by atoms with E-state index in [1.165, 1.54) is 72.7 Å². The van der Waals surface area contributed by atoms with Gasteiger partial charge in [-0.05, 0) is 63.2 Å². The number of thioether (sulfide) groups is 4. The van der Waals surface area contributed by atoms with Gasteiger partial charge in [0.1, 0.15) is 116 Å². The number of aliphatic hydroxyl groups is 10. The van der Waals surface area contributed by atoms with Gasteiger partial charge in [-0.1, -0.05) is 127 Å². The number of hydrogen-bond donors (Lipinski definition) is 19. The van der Waals surface area contributed by atoms with Gasteiger partial charge in [0.2, 0.25) is 23.8 Å². The van der Waals surface area contributed by atoms with Gasteiger partial charge >= 0.3 is 11.9 Å². The van der Waals surface area contributed by atoms with Gasteiger partial charge in [-0.15, -0.1) is 0 Å². The first-order valence-corrected chi connectivity index (χ1v) is 41.6. The number of aliphatic hydroxyl groups excluding tert-OH is 10. The Morgan fingerprint density at radius 1 is 0.417 bits per heavy atom. The van der Waals surface area contributed by atoms with E-state index in [2.05, 4.69) is 87.0 Å². The van der Waals surface area contributed by atoms with Crippen LogP contribution in [-0.2, 0) is 38.0 Å². The summed E-state index contributed by atoms with van der Waals surface area (Å²) in [6.07, 6.45) is -3.99. The maximum absolute atomic E-state index is 12.1. The number of rotatable bonds is 21. The Hall–Kier alpha value is -7.42. The molecule has 115 heavy (non-hydrogen) atoms. The lowest BCUT2D eigenvalue weighted by molar-refractivity contribution is -0.152. The Morgan fingerprint density at radius 2 is 0.687 bits per heavy atom. The molecule has 0 unspecified atom stereocenters. The summed E-state index contributed by atoms with van der Waals surface area (Å²) in [5.41, 5.74) is 35.3. The third-order valence-electron chi connectivity index (χ3n) is 21.5. The highest BCUT2D eigenvalue weighted by Crippen LogP contribution is 2.55. The lowest BCUT2D eigenvalue weighted by atomic mass is 10.1. The molecule has 0 bridgehead atoms. The Kier molecular flexibility index (Phi) is 26.8. The fraction of sp³-hybridized carbons (Fsp3) is 0.634. The number of nitrogen functional groups attached to an aromatic ring is 4. The third-order valence-corrected chi connectivity index (χ3v) is 25.6. The number of ether oxygens (including phenoxy) is 6. The molecule has 3 aliphatic carbocycles. The molecule has 0 amide bonds. The van der Waals surface area contributed by atoms with E-state index < -0.39 is 135 Å². The highest BCUT2D eigenvalue weighted by atomic mass is 32.2. The lowest BCUT2D eigenvalue weighted by Gasteiger charge is -2.28. The fourth-order valence-corrected chi connectivity index (χ4v) is 18.7. The lowest BCUT2D eigenvalue weighted by Crippen LogP contribution is -2.42. The van der Waals surface area contributed by atoms with Crippen LogP contribution in [0, 0.1) is 11.8 Å². The number of aromatic nitrogens is 8. The van der Waals surface area contributed by atoms with Crippen molar-refractivity contribution in [2.24, 2.45) is 23.3 Å². The molecule has 0 spiro atoms. The van der Waals surface area contributed by atoms with Crippen molar-refractivity contribution in [2.75, 3.05) is 103 Å². The second-order valence-corrected chi connectivity index (χ2v) is 34.8. The molecule has 4 aromatic heterocycles. The van der Waals surface area contributed by atoms with Crippen LogP contribution in [0.15, 0.2) is 66.0 Å². The Balaban J connectivity index is 0.000000135. The van der Waals surface area contributed by atoms with Crippen molar-refractivity contribution in [3.05, 3.63) is 46.4 Å². The molecule has 40 nitrogen and oxygen atoms in total. The van der Waals surface area contributed by atoms with Crippen LogP contribution in [0.25, 0.3) is 0 Å². The molecule has 0 aromatic carbocycles. The molecule has 16 rings (SSSR count). The fourth-order valence-electron chi connectivity index (χ4n) is 14.8. The van der Waals surface area contributed by atoms with Crippen molar-refractivity contribution >= 4 is 129 Å². The minimum atomic E-state index is -1.29. The molecule has 630 valence electrons. The standard InChI is InChI=1S/C21H32N6O5S.C20H30N6O5S.C16H23N5O4S.C14H19N5O4S/c1-9(2)13(22)20(30)31-8-12-14(28)15(29)19(32-12)27-10(3)33-16-17(24-11-6-4-5-7-11)25-21(23)26-18(16)27;1-9(2)12(21)19(29)30-8-11-13(27)14(28)18(31-11)26-10(3)32-15-16(25-6-4-5-7-25)23-20(22)24-17(15)26;1-7-21(15-11(24)10(23)9(6-22)25-15)14-12(26-7)13(19-16(17)20-14)18-8-4-2-3-5-8;1-5-19(13-9(22)8(21)7(4-20)23-13)12-10(24-5)11(16-6-2-3-6)17-14(15)18-12/h9,11-15,19,28-29H,3-8,22H2,1-2H3,(H3,23,24,25,26);9,11-14,18,27-28H,3-8,21H2,1-2H3,(H2,22,23,24);8-11,15,22-24H,1-6H2,(H3,17,18,19,20);6-9,13,20-22H,1-4H2,(H3,15,16,17,18)/t12-,13+,14-,15-,19-;11-,12+,13-,14-,18-;9-,10-,11-,15-;7-,8-,9-,13-/m1111/s1. The monoisotopic (exact) mass is 1680 g/mol. The van der Waals surface area contributed by atoms with Crippen LogP contribution >= 0.6 is 47.0 Å². The number of hydrogen-bond acceptors (Lipinski definition) is 44. The second-order valence-electron chi connectivity index (χ2n) is 30.5. The predicted molar refractivity (Wildman–Crippen MR) is 430 cm³/mol. The summed E-state index contributed by atoms with van der Waals surface area (Å²) in [6.45, 7) is 23.9. The van der Waals surface area contributed by atoms with Crippen molar-refractivity contribution in [1.82, 2.24) is 39.9 Å². The third kappa shape index (κ3) is 18.0. The van der Waals surface area contributed by atoms with Crippen LogP contribution in [0.1, 0.15) is 105 Å². The molecule has 3 saturated carbocycles. The van der Waals surface area contributed by atoms with Crippen LogP contribution in [0.5, 0.6) is 0 Å². The predicted octanol–water partition coefficient (Wildman–Crippen LogP) is 0.476. The number of carbonyl (C=O) groups excluding carboxylic acids is 2. The van der Waals surface area contributed by atoms with Gasteiger partial charge in [0.15, 0.2) is 54.0 Å². The average molecular weight is 1680 g/mol. The minimum Gasteiger partial charge on any atom is -0.462 e. The van der Waals surface area contributed by atoms with E-state index in [0.29, 0.717) is 79.0 Å². The van der Waals surface area contributed by atoms with Gasteiger partial charge in [0.25, 0.3) is 0 Å². The largest absolute Gasteiger partial charge is 0.462 e. The smallest absolute Gasteiger partial charge is 0.323 e. The number of anilines is 12. The van der Waals surface area contributed by atoms with Gasteiger partial charge in [-0.3, -0.25) is 29.2 Å². The Bertz CT molecular complexity index is 4250. The molecule has 12 aliphatic rings. The van der Waals surface area contributed by atoms with Crippen molar-refractivity contribution in [1.29, 1.82) is 0 Å². The SMILES string of the molecule is C=C1Sc2c(N3CCCC3)nc(N)nc2N1[C@@H]1O[C@H](COC(=O)[C@@H](N)C(C)C)[C@@H](O)[C@H]1O.C=C1Sc2c(NC3CC3)nc(N)nc2N1[C@@H]1O[C@H](CO)[C@@H](O)[C@H]1O.C=C1Sc2c(NC3CCCC3)nc(N)nc2N1[C@@H]1O[C@H](CO)[C@@H](O)[C@H]1O.C=C1Sc2c(NC3CCCC3)nc(N)nc2N1[C@@H]1O[C@H](COC(=O)[C@@H](N)C(C)C)[C@@H](O)[C@H]1O. The van der Waals surface area contributed by atoms with Crippen molar-refractivity contribution in [3.63, 3.8) is 0 Å². The van der Waals surface area contributed by atoms with E-state index in [0.717, 1.165) is 89.9 Å². The van der Waals surface area contributed by atoms with E-state index in [4.69, 9.17) is 62.8 Å². The first-order valence-electron chi connectivity index (χ1n) is 38.4. The molecule has 4 aromatic rings. The summed E-state index contributed by atoms with van der Waals surface area (Å²) < 4.78 is 33.5. The normalized spacial score (nSPS) is 30.0. The average Bonchev–Trinajstić information content (AvgIpc) is 1.61. The molecule has 8 fully saturated rings. The summed E-state index contributed by atoms with van der Waals surface area (Å²) in [7, 11) is 0. The summed E-state index contributed by atoms with van der Waals surface area (Å²) in [6, 6.07) is -0.501. The van der Waals surface area contributed by atoms with E-state index in [9.17, 15) is 60.7 Å². The molecular formula is C71H104N22O18S4. The summed E-state index contributed by atoms with van der Waals surface area (Å²) >= 11 is 5.45. The first kappa shape index (κ1) is 85.5. The zero-order valence-electron chi connectivity index (χ0n) is 64.0. The van der Waals surface area contributed by atoms with Crippen LogP contribution in [-0.4, -0.2) is 271 Å². The number of nitrogens with one attached hydrogen (secondary N) is 3. The van der Waals surface area contributed by atoms with E-state index >= 15 is 0 Å². The van der Waals surface area contributed by atoms with E-state index in [1.54, 1.807) is 19.6 Å². The summed E-state index contributed by atoms with van der Waals surface area (Å²) in [5.74, 6) is 3.58.